The van der Waals surface area contributed by atoms with Gasteiger partial charge in [0.25, 0.3) is 0 Å². The lowest BCUT2D eigenvalue weighted by molar-refractivity contribution is -0.132. The molecule has 0 spiro atoms. The number of carbonyl (C=O) groups excluding carboxylic acids is 2. The van der Waals surface area contributed by atoms with Gasteiger partial charge >= 0.3 is 12.1 Å². The number of ether oxygens (including phenoxy) is 1. The molecule has 1 unspecified atom stereocenters. The maximum absolute atomic E-state index is 11.2. The number of hydrogen-bond acceptors (Lipinski definition) is 3. The molecule has 0 aromatic heterocycles. The first kappa shape index (κ1) is 9.85. The highest BCUT2D eigenvalue weighted by atomic mass is 127. The summed E-state index contributed by atoms with van der Waals surface area (Å²) in [6.45, 7) is 0. The van der Waals surface area contributed by atoms with Gasteiger partial charge in [-0.15, -0.1) is 11.6 Å². The molecule has 1 heterocycles. The van der Waals surface area contributed by atoms with Crippen LogP contribution < -0.4 is 0 Å². The van der Waals surface area contributed by atoms with E-state index < -0.39 is 17.4 Å². The molecule has 2 aliphatic rings. The molecule has 72 valence electrons. The van der Waals surface area contributed by atoms with E-state index in [4.69, 9.17) is 11.6 Å². The van der Waals surface area contributed by atoms with Crippen molar-refractivity contribution in [2.45, 2.75) is 5.38 Å². The van der Waals surface area contributed by atoms with Crippen molar-refractivity contribution in [2.75, 3.05) is 0 Å². The van der Waals surface area contributed by atoms with Crippen LogP contribution in [0.4, 0.5) is 4.79 Å². The molecule has 0 bridgehead atoms. The normalized spacial score (nSPS) is 25.9. The fourth-order valence-electron chi connectivity index (χ4n) is 1.17. The topological polar surface area (TPSA) is 55.7 Å². The Morgan fingerprint density at radius 2 is 2.21 bits per heavy atom. The molecule has 0 saturated carbocycles. The molecule has 1 atom stereocenters. The number of rotatable bonds is 0. The molecular weight excluding hydrogens is 320 g/mol. The van der Waals surface area contributed by atoms with E-state index in [-0.39, 0.29) is 11.3 Å². The molecule has 0 radical (unpaired) electrons. The van der Waals surface area contributed by atoms with Crippen LogP contribution in [-0.2, 0) is 9.53 Å². The molecule has 2 rings (SSSR count). The van der Waals surface area contributed by atoms with Crippen LogP contribution in [0, 0.1) is 0 Å². The minimum atomic E-state index is -0.905. The molecule has 1 aliphatic heterocycles. The van der Waals surface area contributed by atoms with Gasteiger partial charge in [-0.25, -0.2) is 9.59 Å². The Balaban J connectivity index is 2.54. The van der Waals surface area contributed by atoms with Gasteiger partial charge in [0.15, 0.2) is 0 Å². The number of esters is 1. The molecule has 1 amide bonds. The molecule has 0 fully saturated rings. The lowest BCUT2D eigenvalue weighted by atomic mass is 10.0. The van der Waals surface area contributed by atoms with Crippen LogP contribution >= 0.6 is 34.2 Å². The van der Waals surface area contributed by atoms with Crippen molar-refractivity contribution in [3.05, 3.63) is 21.3 Å². The van der Waals surface area contributed by atoms with Crippen molar-refractivity contribution >= 4 is 52.0 Å². The SMILES string of the molecule is O=C1N=C2C(=CC(I)=CC2Cl)C(=O)O1. The van der Waals surface area contributed by atoms with Crippen LogP contribution in [0.25, 0.3) is 0 Å². The third-order valence-corrected chi connectivity index (χ3v) is 2.74. The summed E-state index contributed by atoms with van der Waals surface area (Å²) < 4.78 is 5.15. The van der Waals surface area contributed by atoms with Crippen LogP contribution in [0.5, 0.6) is 0 Å². The molecule has 0 aromatic rings. The zero-order valence-electron chi connectivity index (χ0n) is 6.66. The number of amides is 1. The Labute approximate surface area is 97.8 Å². The lowest BCUT2D eigenvalue weighted by Gasteiger charge is -2.19. The quantitative estimate of drug-likeness (QED) is 0.296. The molecule has 14 heavy (non-hydrogen) atoms. The van der Waals surface area contributed by atoms with Gasteiger partial charge in [-0.05, 0) is 34.7 Å². The molecular formula is C8H3ClINO3. The fraction of sp³-hybridized carbons (Fsp3) is 0.125. The lowest BCUT2D eigenvalue weighted by Crippen LogP contribution is -2.31. The fourth-order valence-corrected chi connectivity index (χ4v) is 2.35. The number of fused-ring (bicyclic) bond motifs is 1. The van der Waals surface area contributed by atoms with E-state index >= 15 is 0 Å². The number of nitrogens with zero attached hydrogens (tertiary/aromatic N) is 1. The molecule has 6 heteroatoms. The van der Waals surface area contributed by atoms with Crippen LogP contribution in [-0.4, -0.2) is 23.2 Å². The second-order valence-electron chi connectivity index (χ2n) is 2.66. The summed E-state index contributed by atoms with van der Waals surface area (Å²) in [4.78, 5) is 25.6. The van der Waals surface area contributed by atoms with Crippen molar-refractivity contribution in [3.63, 3.8) is 0 Å². The van der Waals surface area contributed by atoms with Crippen molar-refractivity contribution in [2.24, 2.45) is 4.99 Å². The third kappa shape index (κ3) is 1.61. The summed E-state index contributed by atoms with van der Waals surface area (Å²) in [6.07, 6.45) is 2.39. The zero-order chi connectivity index (χ0) is 10.3. The summed E-state index contributed by atoms with van der Waals surface area (Å²) >= 11 is 7.93. The summed E-state index contributed by atoms with van der Waals surface area (Å²) in [5.74, 6) is -0.687. The van der Waals surface area contributed by atoms with Crippen LogP contribution in [0.1, 0.15) is 0 Å². The van der Waals surface area contributed by atoms with Crippen LogP contribution in [0.15, 0.2) is 26.3 Å². The van der Waals surface area contributed by atoms with E-state index in [0.29, 0.717) is 0 Å². The monoisotopic (exact) mass is 323 g/mol. The van der Waals surface area contributed by atoms with Gasteiger partial charge in [0.2, 0.25) is 0 Å². The second-order valence-corrected chi connectivity index (χ2v) is 4.38. The zero-order valence-corrected chi connectivity index (χ0v) is 9.57. The maximum atomic E-state index is 11.2. The van der Waals surface area contributed by atoms with E-state index in [1.54, 1.807) is 12.2 Å². The number of hydrogen-bond donors (Lipinski definition) is 0. The first-order valence-electron chi connectivity index (χ1n) is 3.66. The minimum Gasteiger partial charge on any atom is -0.371 e. The van der Waals surface area contributed by atoms with Gasteiger partial charge in [-0.1, -0.05) is 0 Å². The summed E-state index contributed by atoms with van der Waals surface area (Å²) in [5.41, 5.74) is 0.532. The number of alkyl halides is 1. The molecule has 4 nitrogen and oxygen atoms in total. The molecule has 1 aliphatic carbocycles. The number of cyclic esters (lactones) is 2. The number of carbonyl (C=O) groups is 2. The first-order valence-corrected chi connectivity index (χ1v) is 5.17. The third-order valence-electron chi connectivity index (χ3n) is 1.74. The van der Waals surface area contributed by atoms with Crippen LogP contribution in [0.2, 0.25) is 0 Å². The Morgan fingerprint density at radius 3 is 2.93 bits per heavy atom. The number of halogens is 2. The first-order chi connectivity index (χ1) is 6.58. The van der Waals surface area contributed by atoms with Gasteiger partial charge in [0.05, 0.1) is 16.7 Å². The Bertz CT molecular complexity index is 424. The van der Waals surface area contributed by atoms with Gasteiger partial charge in [-0.2, -0.15) is 4.99 Å². The second kappa shape index (κ2) is 3.47. The highest BCUT2D eigenvalue weighted by Gasteiger charge is 2.32. The van der Waals surface area contributed by atoms with E-state index in [1.807, 2.05) is 22.6 Å². The standard InChI is InChI=1S/C8H3ClINO3/c9-5-2-3(10)1-4-6(5)11-8(13)14-7(4)12/h1-2,5H. The van der Waals surface area contributed by atoms with Gasteiger partial charge < -0.3 is 4.74 Å². The maximum Gasteiger partial charge on any atom is 0.441 e. The predicted octanol–water partition coefficient (Wildman–Crippen LogP) is 1.97. The highest BCUT2D eigenvalue weighted by Crippen LogP contribution is 2.26. The highest BCUT2D eigenvalue weighted by molar-refractivity contribution is 14.1. The van der Waals surface area contributed by atoms with E-state index in [0.717, 1.165) is 3.58 Å². The molecule has 0 aromatic carbocycles. The van der Waals surface area contributed by atoms with Gasteiger partial charge in [-0.3, -0.25) is 0 Å². The van der Waals surface area contributed by atoms with Crippen molar-refractivity contribution < 1.29 is 14.3 Å². The number of aliphatic imine (C=N–C) groups is 1. The summed E-state index contributed by atoms with van der Waals surface area (Å²) in [6, 6.07) is 0. The van der Waals surface area contributed by atoms with Gasteiger partial charge in [0.1, 0.15) is 0 Å². The molecule has 0 saturated heterocycles. The molecule has 0 N–H and O–H groups in total. The number of allylic oxidation sites excluding steroid dienone is 3. The largest absolute Gasteiger partial charge is 0.441 e. The average Bonchev–Trinajstić information content (AvgIpc) is 2.07. The Kier molecular flexibility index (Phi) is 2.44. The summed E-state index contributed by atoms with van der Waals surface area (Å²) in [5, 5.41) is -0.543. The van der Waals surface area contributed by atoms with Crippen molar-refractivity contribution in [1.82, 2.24) is 0 Å². The summed E-state index contributed by atoms with van der Waals surface area (Å²) in [7, 11) is 0. The minimum absolute atomic E-state index is 0.261. The van der Waals surface area contributed by atoms with E-state index in [1.165, 1.54) is 0 Å². The van der Waals surface area contributed by atoms with Crippen molar-refractivity contribution in [1.29, 1.82) is 0 Å². The van der Waals surface area contributed by atoms with E-state index in [9.17, 15) is 9.59 Å². The smallest absolute Gasteiger partial charge is 0.371 e. The Morgan fingerprint density at radius 1 is 1.50 bits per heavy atom. The average molecular weight is 323 g/mol. The van der Waals surface area contributed by atoms with E-state index in [2.05, 4.69) is 9.73 Å². The van der Waals surface area contributed by atoms with Crippen molar-refractivity contribution in [3.8, 4) is 0 Å². The Hall–Kier alpha value is -0.690. The van der Waals surface area contributed by atoms with Gasteiger partial charge in [0, 0.05) is 3.58 Å². The predicted molar refractivity (Wildman–Crippen MR) is 58.8 cm³/mol. The van der Waals surface area contributed by atoms with Crippen LogP contribution in [0.3, 0.4) is 0 Å².